The maximum atomic E-state index is 4.44. The van der Waals surface area contributed by atoms with E-state index < -0.39 is 0 Å². The van der Waals surface area contributed by atoms with Gasteiger partial charge in [0.25, 0.3) is 0 Å². The molecule has 1 aromatic heterocycles. The molecule has 16 heavy (non-hydrogen) atoms. The molecule has 1 rings (SSSR count). The minimum absolute atomic E-state index is 0.514. The summed E-state index contributed by atoms with van der Waals surface area (Å²) in [6.07, 6.45) is 0. The average molecular weight is 288 g/mol. The van der Waals surface area contributed by atoms with Gasteiger partial charge < -0.3 is 5.32 Å². The molecule has 0 aliphatic rings. The van der Waals surface area contributed by atoms with Crippen LogP contribution in [0.25, 0.3) is 0 Å². The van der Waals surface area contributed by atoms with Gasteiger partial charge in [-0.05, 0) is 25.8 Å². The van der Waals surface area contributed by atoms with Crippen molar-refractivity contribution in [3.05, 3.63) is 17.5 Å². The van der Waals surface area contributed by atoms with Gasteiger partial charge in [-0.15, -0.1) is 0 Å². The number of alkyl halides is 1. The van der Waals surface area contributed by atoms with E-state index in [2.05, 4.69) is 57.9 Å². The fourth-order valence-electron chi connectivity index (χ4n) is 1.72. The smallest absolute Gasteiger partial charge is 0.0597 e. The van der Waals surface area contributed by atoms with Crippen LogP contribution in [0.4, 0.5) is 0 Å². The van der Waals surface area contributed by atoms with Crippen molar-refractivity contribution in [3.8, 4) is 0 Å². The highest BCUT2D eigenvalue weighted by Gasteiger charge is 2.12. The number of hydrogen-bond acceptors (Lipinski definition) is 2. The largest absolute Gasteiger partial charge is 0.307 e. The van der Waals surface area contributed by atoms with Crippen molar-refractivity contribution in [1.82, 2.24) is 15.1 Å². The van der Waals surface area contributed by atoms with Crippen molar-refractivity contribution in [2.45, 2.75) is 46.8 Å². The minimum Gasteiger partial charge on any atom is -0.307 e. The van der Waals surface area contributed by atoms with Crippen molar-refractivity contribution in [1.29, 1.82) is 0 Å². The van der Waals surface area contributed by atoms with Gasteiger partial charge in [0.2, 0.25) is 0 Å². The third-order valence-electron chi connectivity index (χ3n) is 2.80. The molecule has 4 heteroatoms. The van der Waals surface area contributed by atoms with Gasteiger partial charge in [-0.25, -0.2) is 0 Å². The van der Waals surface area contributed by atoms with Crippen LogP contribution in [0.15, 0.2) is 6.07 Å². The summed E-state index contributed by atoms with van der Waals surface area (Å²) in [7, 11) is 0. The molecule has 3 nitrogen and oxygen atoms in total. The second-order valence-electron chi connectivity index (χ2n) is 4.48. The number of nitrogens with zero attached hydrogens (tertiary/aromatic N) is 2. The van der Waals surface area contributed by atoms with Crippen LogP contribution in [0.2, 0.25) is 0 Å². The van der Waals surface area contributed by atoms with Crippen LogP contribution in [0.3, 0.4) is 0 Å². The van der Waals surface area contributed by atoms with Crippen molar-refractivity contribution in [2.75, 3.05) is 5.33 Å². The lowest BCUT2D eigenvalue weighted by atomic mass is 10.1. The Morgan fingerprint density at radius 1 is 1.50 bits per heavy atom. The highest BCUT2D eigenvalue weighted by molar-refractivity contribution is 9.09. The lowest BCUT2D eigenvalue weighted by molar-refractivity contribution is 0.424. The molecule has 92 valence electrons. The van der Waals surface area contributed by atoms with Crippen molar-refractivity contribution in [3.63, 3.8) is 0 Å². The van der Waals surface area contributed by atoms with Gasteiger partial charge in [0.15, 0.2) is 0 Å². The molecule has 1 N–H and O–H groups in total. The summed E-state index contributed by atoms with van der Waals surface area (Å²) in [5, 5.41) is 9.00. The first-order valence-electron chi connectivity index (χ1n) is 5.91. The van der Waals surface area contributed by atoms with Gasteiger partial charge in [-0.1, -0.05) is 29.8 Å². The number of nitrogens with one attached hydrogen (secondary N) is 1. The summed E-state index contributed by atoms with van der Waals surface area (Å²) in [6, 6.07) is 2.67. The maximum Gasteiger partial charge on any atom is 0.0597 e. The molecule has 0 amide bonds. The molecule has 0 aromatic carbocycles. The van der Waals surface area contributed by atoms with Gasteiger partial charge >= 0.3 is 0 Å². The van der Waals surface area contributed by atoms with Crippen LogP contribution < -0.4 is 5.32 Å². The van der Waals surface area contributed by atoms with Gasteiger partial charge in [0, 0.05) is 24.5 Å². The number of halogens is 1. The first-order chi connectivity index (χ1) is 7.58. The van der Waals surface area contributed by atoms with Gasteiger partial charge in [0.05, 0.1) is 11.4 Å². The Bertz CT molecular complexity index is 320. The quantitative estimate of drug-likeness (QED) is 0.816. The Kier molecular flexibility index (Phi) is 5.49. The Morgan fingerprint density at radius 2 is 2.19 bits per heavy atom. The molecule has 0 spiro atoms. The Balaban J connectivity index is 2.59. The maximum absolute atomic E-state index is 4.44. The predicted octanol–water partition coefficient (Wildman–Crippen LogP) is 2.72. The minimum atomic E-state index is 0.514. The Labute approximate surface area is 107 Å². The van der Waals surface area contributed by atoms with Crippen molar-refractivity contribution in [2.24, 2.45) is 5.92 Å². The molecule has 0 fully saturated rings. The SMILES string of the molecule is CCn1nc(C)cc1CNC(CBr)C(C)C. The molecule has 0 saturated heterocycles. The van der Waals surface area contributed by atoms with E-state index in [9.17, 15) is 0 Å². The highest BCUT2D eigenvalue weighted by Crippen LogP contribution is 2.08. The highest BCUT2D eigenvalue weighted by atomic mass is 79.9. The van der Waals surface area contributed by atoms with Crippen LogP contribution in [0.5, 0.6) is 0 Å². The van der Waals surface area contributed by atoms with E-state index in [0.717, 1.165) is 24.1 Å². The molecular formula is C12H22BrN3. The van der Waals surface area contributed by atoms with E-state index in [4.69, 9.17) is 0 Å². The fourth-order valence-corrected chi connectivity index (χ4v) is 2.70. The average Bonchev–Trinajstić information content (AvgIpc) is 2.59. The molecule has 1 atom stereocenters. The monoisotopic (exact) mass is 287 g/mol. The van der Waals surface area contributed by atoms with Crippen LogP contribution in [-0.4, -0.2) is 21.2 Å². The summed E-state index contributed by atoms with van der Waals surface area (Å²) in [6.45, 7) is 10.5. The van der Waals surface area contributed by atoms with Crippen LogP contribution >= 0.6 is 15.9 Å². The zero-order chi connectivity index (χ0) is 12.1. The lowest BCUT2D eigenvalue weighted by Crippen LogP contribution is -2.35. The van der Waals surface area contributed by atoms with E-state index >= 15 is 0 Å². The third-order valence-corrected chi connectivity index (χ3v) is 3.50. The number of aryl methyl sites for hydroxylation is 2. The van der Waals surface area contributed by atoms with E-state index in [-0.39, 0.29) is 0 Å². The Morgan fingerprint density at radius 3 is 2.69 bits per heavy atom. The summed E-state index contributed by atoms with van der Waals surface area (Å²) in [4.78, 5) is 0. The summed E-state index contributed by atoms with van der Waals surface area (Å²) < 4.78 is 2.06. The second-order valence-corrected chi connectivity index (χ2v) is 5.13. The number of hydrogen-bond donors (Lipinski definition) is 1. The van der Waals surface area contributed by atoms with Crippen LogP contribution in [-0.2, 0) is 13.1 Å². The topological polar surface area (TPSA) is 29.9 Å². The van der Waals surface area contributed by atoms with E-state index in [1.54, 1.807) is 0 Å². The second kappa shape index (κ2) is 6.40. The van der Waals surface area contributed by atoms with Crippen LogP contribution in [0.1, 0.15) is 32.2 Å². The van der Waals surface area contributed by atoms with Crippen molar-refractivity contribution >= 4 is 15.9 Å². The molecule has 0 saturated carbocycles. The van der Waals surface area contributed by atoms with Crippen LogP contribution in [0, 0.1) is 12.8 Å². The molecule has 0 aliphatic carbocycles. The zero-order valence-electron chi connectivity index (χ0n) is 10.6. The standard InChI is InChI=1S/C12H22BrN3/c1-5-16-11(6-10(4)15-16)8-14-12(7-13)9(2)3/h6,9,12,14H,5,7-8H2,1-4H3. The molecule has 0 radical (unpaired) electrons. The van der Waals surface area contributed by atoms with Gasteiger partial charge in [-0.2, -0.15) is 5.10 Å². The summed E-state index contributed by atoms with van der Waals surface area (Å²) >= 11 is 3.55. The summed E-state index contributed by atoms with van der Waals surface area (Å²) in [5.74, 6) is 0.637. The van der Waals surface area contributed by atoms with Gasteiger partial charge in [-0.3, -0.25) is 4.68 Å². The van der Waals surface area contributed by atoms with Gasteiger partial charge in [0.1, 0.15) is 0 Å². The van der Waals surface area contributed by atoms with E-state index in [1.165, 1.54) is 5.69 Å². The number of rotatable bonds is 6. The molecular weight excluding hydrogens is 266 g/mol. The fraction of sp³-hybridized carbons (Fsp3) is 0.750. The van der Waals surface area contributed by atoms with E-state index in [0.29, 0.717) is 12.0 Å². The van der Waals surface area contributed by atoms with Crippen molar-refractivity contribution < 1.29 is 0 Å². The first kappa shape index (κ1) is 13.7. The first-order valence-corrected chi connectivity index (χ1v) is 7.03. The lowest BCUT2D eigenvalue weighted by Gasteiger charge is -2.20. The molecule has 1 aromatic rings. The van der Waals surface area contributed by atoms with E-state index in [1.807, 2.05) is 6.92 Å². The molecule has 1 heterocycles. The number of aromatic nitrogens is 2. The molecule has 0 bridgehead atoms. The zero-order valence-corrected chi connectivity index (χ0v) is 12.2. The normalized spacial score (nSPS) is 13.4. The summed E-state index contributed by atoms with van der Waals surface area (Å²) in [5.41, 5.74) is 2.37. The Hall–Kier alpha value is -0.350. The molecule has 0 aliphatic heterocycles. The third kappa shape index (κ3) is 3.59. The predicted molar refractivity (Wildman–Crippen MR) is 71.9 cm³/mol. The molecule has 1 unspecified atom stereocenters.